The highest BCUT2D eigenvalue weighted by Gasteiger charge is 2.38. The monoisotopic (exact) mass is 483 g/mol. The summed E-state index contributed by atoms with van der Waals surface area (Å²) in [6.45, 7) is 3.14. The summed E-state index contributed by atoms with van der Waals surface area (Å²) < 4.78 is 36.4. The van der Waals surface area contributed by atoms with Crippen molar-refractivity contribution in [1.82, 2.24) is 0 Å². The van der Waals surface area contributed by atoms with Crippen LogP contribution in [0.2, 0.25) is 0 Å². The van der Waals surface area contributed by atoms with E-state index in [0.29, 0.717) is 5.56 Å². The lowest BCUT2D eigenvalue weighted by atomic mass is 9.79. The number of carboxylic acid groups (broad SMARTS) is 1. The molecule has 0 fully saturated rings. The zero-order chi connectivity index (χ0) is 24.5. The minimum atomic E-state index is -4.94. The van der Waals surface area contributed by atoms with Gasteiger partial charge in [0.25, 0.3) is 0 Å². The number of aromatic nitrogens is 1. The van der Waals surface area contributed by atoms with Crippen LogP contribution in [0.1, 0.15) is 52.4 Å². The molecule has 3 aromatic rings. The van der Waals surface area contributed by atoms with Crippen molar-refractivity contribution in [3.63, 3.8) is 0 Å². The second-order valence-electron chi connectivity index (χ2n) is 8.53. The number of halogens is 1. The summed E-state index contributed by atoms with van der Waals surface area (Å²) in [4.78, 5) is 12.5. The largest absolute Gasteiger partial charge is 0.478 e. The molecule has 1 aromatic heterocycles. The third kappa shape index (κ3) is 4.85. The Morgan fingerprint density at radius 1 is 0.853 bits per heavy atom. The molecule has 0 saturated heterocycles. The average molecular weight is 484 g/mol. The minimum absolute atomic E-state index is 0.562. The Morgan fingerprint density at radius 2 is 1.29 bits per heavy atom. The molecule has 2 aromatic carbocycles. The first kappa shape index (κ1) is 24.3. The Labute approximate surface area is 200 Å². The van der Waals surface area contributed by atoms with Crippen LogP contribution in [0, 0.1) is 10.2 Å². The molecule has 1 heterocycles. The number of aryl methyl sites for hydroxylation is 2. The molecule has 0 radical (unpaired) electrons. The van der Waals surface area contributed by atoms with Crippen molar-refractivity contribution < 1.29 is 43.3 Å². The van der Waals surface area contributed by atoms with Crippen molar-refractivity contribution in [2.45, 2.75) is 52.0 Å². The molecular weight excluding hydrogens is 458 g/mol. The number of pyridine rings is 1. The Bertz CT molecular complexity index is 1150. The number of carboxylic acids is 1. The van der Waals surface area contributed by atoms with Crippen LogP contribution in [-0.4, -0.2) is 11.1 Å². The zero-order valence-corrected chi connectivity index (χ0v) is 19.6. The third-order valence-corrected chi connectivity index (χ3v) is 6.50. The van der Waals surface area contributed by atoms with Gasteiger partial charge in [-0.1, -0.05) is 49.7 Å². The van der Waals surface area contributed by atoms with Gasteiger partial charge in [-0.25, -0.2) is 23.4 Å². The van der Waals surface area contributed by atoms with Gasteiger partial charge in [-0.05, 0) is 48.9 Å². The fourth-order valence-corrected chi connectivity index (χ4v) is 5.22. The first-order chi connectivity index (χ1) is 16.2. The topological polar surface area (TPSA) is 133 Å². The predicted molar refractivity (Wildman–Crippen MR) is 114 cm³/mol. The van der Waals surface area contributed by atoms with E-state index >= 15 is 0 Å². The molecule has 0 bridgehead atoms. The van der Waals surface area contributed by atoms with Crippen LogP contribution >= 0.6 is 0 Å². The van der Waals surface area contributed by atoms with Gasteiger partial charge >= 0.3 is 5.97 Å². The van der Waals surface area contributed by atoms with E-state index in [0.717, 1.165) is 67.6 Å². The van der Waals surface area contributed by atoms with Crippen molar-refractivity contribution in [1.29, 1.82) is 0 Å². The van der Waals surface area contributed by atoms with Gasteiger partial charge in [-0.15, -0.1) is 10.2 Å². The summed E-state index contributed by atoms with van der Waals surface area (Å²) in [6, 6.07) is 17.0. The Balaban J connectivity index is 0.000000499. The van der Waals surface area contributed by atoms with Crippen LogP contribution in [0.5, 0.6) is 0 Å². The number of hydrogen-bond donors (Lipinski definition) is 1. The number of hydrogen-bond acceptors (Lipinski definition) is 5. The maximum absolute atomic E-state index is 12.5. The number of benzene rings is 2. The van der Waals surface area contributed by atoms with Crippen LogP contribution in [0.25, 0.3) is 22.5 Å². The predicted octanol–water partition coefficient (Wildman–Crippen LogP) is 0.248. The van der Waals surface area contributed by atoms with E-state index in [9.17, 15) is 9.90 Å². The lowest BCUT2D eigenvalue weighted by Gasteiger charge is -2.27. The SMILES string of the molecule is CCCC[n+]1c2c(c(C(=O)O)c3c1-c1ccccc1CC3)CCc1ccccc1-2.[O-][Cl+3]([O-])([O-])[O-]. The highest BCUT2D eigenvalue weighted by Crippen LogP contribution is 2.40. The summed E-state index contributed by atoms with van der Waals surface area (Å²) >= 11 is 0. The van der Waals surface area contributed by atoms with Gasteiger partial charge in [-0.3, -0.25) is 0 Å². The maximum atomic E-state index is 12.5. The fraction of sp³-hybridized carbons (Fsp3) is 0.308. The van der Waals surface area contributed by atoms with Crippen LogP contribution < -0.4 is 23.2 Å². The van der Waals surface area contributed by atoms with Crippen LogP contribution in [-0.2, 0) is 32.2 Å². The molecule has 34 heavy (non-hydrogen) atoms. The highest BCUT2D eigenvalue weighted by molar-refractivity contribution is 5.96. The van der Waals surface area contributed by atoms with Crippen LogP contribution in [0.4, 0.5) is 0 Å². The molecule has 0 spiro atoms. The molecule has 7 nitrogen and oxygen atoms in total. The van der Waals surface area contributed by atoms with Gasteiger partial charge in [0.05, 0.1) is 5.56 Å². The number of aromatic carboxylic acids is 1. The molecule has 0 unspecified atom stereocenters. The van der Waals surface area contributed by atoms with E-state index in [4.69, 9.17) is 18.6 Å². The van der Waals surface area contributed by atoms with Gasteiger partial charge in [-0.2, -0.15) is 4.57 Å². The van der Waals surface area contributed by atoms with E-state index in [1.807, 2.05) is 0 Å². The smallest absolute Gasteiger partial charge is 0.336 e. The summed E-state index contributed by atoms with van der Waals surface area (Å²) in [6.07, 6.45) is 5.62. The van der Waals surface area contributed by atoms with Crippen molar-refractivity contribution in [3.05, 3.63) is 76.3 Å². The van der Waals surface area contributed by atoms with Crippen molar-refractivity contribution in [2.24, 2.45) is 0 Å². The van der Waals surface area contributed by atoms with Crippen molar-refractivity contribution >= 4 is 5.97 Å². The van der Waals surface area contributed by atoms with Gasteiger partial charge in [0.1, 0.15) is 6.54 Å². The number of rotatable bonds is 4. The summed E-state index contributed by atoms with van der Waals surface area (Å²) in [7, 11) is -4.94. The lowest BCUT2D eigenvalue weighted by Crippen LogP contribution is -2.68. The van der Waals surface area contributed by atoms with E-state index in [1.54, 1.807) is 0 Å². The second-order valence-corrected chi connectivity index (χ2v) is 9.29. The molecule has 178 valence electrons. The molecule has 0 aliphatic heterocycles. The van der Waals surface area contributed by atoms with E-state index in [-0.39, 0.29) is 0 Å². The molecule has 1 N–H and O–H groups in total. The maximum Gasteiger partial charge on any atom is 0.336 e. The summed E-state index contributed by atoms with van der Waals surface area (Å²) in [5.41, 5.74) is 9.96. The zero-order valence-electron chi connectivity index (χ0n) is 18.9. The minimum Gasteiger partial charge on any atom is -0.478 e. The number of fused-ring (bicyclic) bond motifs is 6. The molecule has 0 saturated carbocycles. The van der Waals surface area contributed by atoms with Crippen LogP contribution in [0.3, 0.4) is 0 Å². The first-order valence-electron chi connectivity index (χ1n) is 11.3. The molecule has 5 rings (SSSR count). The average Bonchev–Trinajstić information content (AvgIpc) is 2.80. The number of carbonyl (C=O) groups is 1. The number of nitrogens with zero attached hydrogens (tertiary/aromatic N) is 1. The first-order valence-corrected chi connectivity index (χ1v) is 12.6. The highest BCUT2D eigenvalue weighted by atomic mass is 35.7. The van der Waals surface area contributed by atoms with Crippen molar-refractivity contribution in [2.75, 3.05) is 0 Å². The lowest BCUT2D eigenvalue weighted by molar-refractivity contribution is -2.00. The Kier molecular flexibility index (Phi) is 7.02. The van der Waals surface area contributed by atoms with E-state index in [2.05, 4.69) is 60.0 Å². The Hall–Kier alpha value is -2.81. The molecule has 0 atom stereocenters. The van der Waals surface area contributed by atoms with E-state index < -0.39 is 16.2 Å². The van der Waals surface area contributed by atoms with E-state index in [1.165, 1.54) is 22.3 Å². The summed E-state index contributed by atoms with van der Waals surface area (Å²) in [5.74, 6) is -0.779. The van der Waals surface area contributed by atoms with Gasteiger partial charge < -0.3 is 5.11 Å². The standard InChI is InChI=1S/C26H25NO2.ClHO4/c1-2-3-16-27-24-19-10-6-4-8-17(19)12-14-21(24)23(26(28)29)22-15-13-18-9-5-7-11-20(18)25(22)27;2-1(3,4)5/h4-11H,2-3,12-16H2,1H3;(H,2,3,4,5). The summed E-state index contributed by atoms with van der Waals surface area (Å²) in [5, 5.41) is 10.3. The molecule has 2 aliphatic rings. The third-order valence-electron chi connectivity index (χ3n) is 6.50. The molecule has 0 amide bonds. The Morgan fingerprint density at radius 3 is 1.71 bits per heavy atom. The van der Waals surface area contributed by atoms with Crippen molar-refractivity contribution in [3.8, 4) is 22.5 Å². The fourth-order valence-electron chi connectivity index (χ4n) is 5.22. The number of unbranched alkanes of at least 4 members (excludes halogenated alkanes) is 1. The van der Waals surface area contributed by atoms with Crippen LogP contribution in [0.15, 0.2) is 48.5 Å². The van der Waals surface area contributed by atoms with Gasteiger partial charge in [0.2, 0.25) is 11.4 Å². The van der Waals surface area contributed by atoms with Gasteiger partial charge in [0, 0.05) is 28.7 Å². The van der Waals surface area contributed by atoms with Gasteiger partial charge in [0.15, 0.2) is 0 Å². The molecular formula is C26H26ClNO6. The normalized spacial score (nSPS) is 13.6. The molecule has 8 heteroatoms. The second kappa shape index (κ2) is 9.82. The quantitative estimate of drug-likeness (QED) is 0.529. The molecule has 2 aliphatic carbocycles.